The number of anilines is 1. The lowest BCUT2D eigenvalue weighted by Crippen LogP contribution is -2.53. The van der Waals surface area contributed by atoms with Gasteiger partial charge in [-0.1, -0.05) is 18.2 Å². The molecular formula is C18H21ClN6O3. The maximum atomic E-state index is 12.3. The number of nitrogens with two attached hydrogens (primary N) is 1. The summed E-state index contributed by atoms with van der Waals surface area (Å²) in [6.07, 6.45) is 0. The minimum absolute atomic E-state index is 0. The van der Waals surface area contributed by atoms with Crippen molar-refractivity contribution < 1.29 is 9.72 Å². The van der Waals surface area contributed by atoms with Crippen LogP contribution in [-0.2, 0) is 0 Å². The smallest absolute Gasteiger partial charge is 0.324 e. The van der Waals surface area contributed by atoms with Gasteiger partial charge in [-0.3, -0.25) is 15.4 Å². The van der Waals surface area contributed by atoms with E-state index < -0.39 is 4.92 Å². The lowest BCUT2D eigenvalue weighted by atomic mass is 10.2. The Morgan fingerprint density at radius 1 is 1.04 bits per heavy atom. The maximum absolute atomic E-state index is 12.3. The molecule has 0 atom stereocenters. The maximum Gasteiger partial charge on any atom is 0.324 e. The van der Waals surface area contributed by atoms with Gasteiger partial charge in [-0.25, -0.2) is 9.79 Å². The van der Waals surface area contributed by atoms with Gasteiger partial charge >= 0.3 is 6.03 Å². The Morgan fingerprint density at radius 3 is 2.21 bits per heavy atom. The molecule has 1 aliphatic heterocycles. The summed E-state index contributed by atoms with van der Waals surface area (Å²) in [7, 11) is 0. The molecule has 0 saturated carbocycles. The van der Waals surface area contributed by atoms with E-state index in [1.54, 1.807) is 29.2 Å². The molecule has 3 N–H and O–H groups in total. The Kier molecular flexibility index (Phi) is 7.16. The minimum Gasteiger partial charge on any atom is -0.369 e. The number of nitro benzene ring substituents is 1. The molecule has 2 aromatic carbocycles. The van der Waals surface area contributed by atoms with Gasteiger partial charge < -0.3 is 15.5 Å². The predicted molar refractivity (Wildman–Crippen MR) is 110 cm³/mol. The van der Waals surface area contributed by atoms with Gasteiger partial charge in [-0.2, -0.15) is 0 Å². The molecule has 2 amide bonds. The fourth-order valence-electron chi connectivity index (χ4n) is 2.81. The van der Waals surface area contributed by atoms with Crippen molar-refractivity contribution in [2.45, 2.75) is 0 Å². The topological polar surface area (TPSA) is 117 Å². The van der Waals surface area contributed by atoms with Crippen LogP contribution < -0.4 is 16.0 Å². The monoisotopic (exact) mass is 404 g/mol. The number of piperazine rings is 1. The lowest BCUT2D eigenvalue weighted by molar-refractivity contribution is -0.384. The normalized spacial score (nSPS) is 14.2. The van der Waals surface area contributed by atoms with Crippen molar-refractivity contribution >= 4 is 41.5 Å². The summed E-state index contributed by atoms with van der Waals surface area (Å²) in [5.41, 5.74) is 7.42. The molecule has 28 heavy (non-hydrogen) atoms. The van der Waals surface area contributed by atoms with Crippen LogP contribution in [0.3, 0.4) is 0 Å². The van der Waals surface area contributed by atoms with Gasteiger partial charge in [-0.05, 0) is 24.3 Å². The number of non-ortho nitro benzene ring substituents is 1. The average Bonchev–Trinajstić information content (AvgIpc) is 2.69. The molecule has 0 bridgehead atoms. The van der Waals surface area contributed by atoms with E-state index in [0.29, 0.717) is 31.9 Å². The molecule has 0 spiro atoms. The van der Waals surface area contributed by atoms with E-state index in [-0.39, 0.29) is 30.1 Å². The van der Waals surface area contributed by atoms with Gasteiger partial charge in [0.1, 0.15) is 0 Å². The van der Waals surface area contributed by atoms with E-state index in [9.17, 15) is 14.9 Å². The number of hydrogen-bond donors (Lipinski definition) is 2. The number of amides is 2. The number of halogens is 1. The second-order valence-electron chi connectivity index (χ2n) is 6.01. The van der Waals surface area contributed by atoms with Gasteiger partial charge in [0.25, 0.3) is 5.69 Å². The van der Waals surface area contributed by atoms with Crippen LogP contribution in [0.1, 0.15) is 0 Å². The Labute approximate surface area is 168 Å². The Bertz CT molecular complexity index is 836. The van der Waals surface area contributed by atoms with Crippen LogP contribution in [0.5, 0.6) is 0 Å². The third-order valence-corrected chi connectivity index (χ3v) is 4.23. The van der Waals surface area contributed by atoms with Crippen LogP contribution in [0.4, 0.5) is 21.9 Å². The van der Waals surface area contributed by atoms with Gasteiger partial charge in [0, 0.05) is 44.0 Å². The van der Waals surface area contributed by atoms with Crippen molar-refractivity contribution in [3.8, 4) is 0 Å². The number of nitrogens with one attached hydrogen (secondary N) is 1. The second-order valence-corrected chi connectivity index (χ2v) is 6.01. The zero-order valence-corrected chi connectivity index (χ0v) is 15.8. The number of nitrogens with zero attached hydrogens (tertiary/aromatic N) is 4. The number of para-hydroxylation sites is 1. The van der Waals surface area contributed by atoms with Crippen LogP contribution in [0, 0.1) is 10.1 Å². The third kappa shape index (κ3) is 5.34. The molecule has 0 aromatic heterocycles. The Hall–Kier alpha value is -3.33. The van der Waals surface area contributed by atoms with Crippen molar-refractivity contribution in [3.05, 3.63) is 64.7 Å². The van der Waals surface area contributed by atoms with Gasteiger partial charge in [-0.15, -0.1) is 12.4 Å². The van der Waals surface area contributed by atoms with Crippen molar-refractivity contribution in [2.24, 2.45) is 10.7 Å². The number of urea groups is 1. The van der Waals surface area contributed by atoms with Crippen LogP contribution in [0.25, 0.3) is 0 Å². The van der Waals surface area contributed by atoms with Gasteiger partial charge in [0.05, 0.1) is 10.6 Å². The van der Waals surface area contributed by atoms with Crippen molar-refractivity contribution in [2.75, 3.05) is 31.1 Å². The highest BCUT2D eigenvalue weighted by atomic mass is 35.5. The Balaban J connectivity index is 0.00000280. The Morgan fingerprint density at radius 2 is 1.64 bits per heavy atom. The summed E-state index contributed by atoms with van der Waals surface area (Å²) in [6.45, 7) is 2.28. The first kappa shape index (κ1) is 21.0. The van der Waals surface area contributed by atoms with E-state index in [4.69, 9.17) is 5.73 Å². The third-order valence-electron chi connectivity index (χ3n) is 4.23. The lowest BCUT2D eigenvalue weighted by Gasteiger charge is -2.35. The van der Waals surface area contributed by atoms with E-state index in [1.807, 2.05) is 18.2 Å². The van der Waals surface area contributed by atoms with E-state index in [2.05, 4.69) is 15.2 Å². The molecule has 148 valence electrons. The summed E-state index contributed by atoms with van der Waals surface area (Å²) in [5, 5.41) is 13.3. The minimum atomic E-state index is -0.423. The van der Waals surface area contributed by atoms with Crippen LogP contribution in [0.2, 0.25) is 0 Å². The standard InChI is InChI=1S/C18H20N6O3.ClH/c19-17(20-14-4-2-1-3-5-14)21-18(25)23-12-10-22(11-13-23)15-6-8-16(9-7-15)24(26)27;/h1-9H,10-13H2,(H3,19,20,21,25);1H. The number of benzene rings is 2. The molecule has 0 unspecified atom stereocenters. The number of carbonyl (C=O) groups is 1. The molecule has 2 aromatic rings. The summed E-state index contributed by atoms with van der Waals surface area (Å²) in [5.74, 6) is 0.0454. The first-order valence-electron chi connectivity index (χ1n) is 8.47. The van der Waals surface area contributed by atoms with Gasteiger partial charge in [0.2, 0.25) is 5.96 Å². The summed E-state index contributed by atoms with van der Waals surface area (Å²) in [4.78, 5) is 30.5. The van der Waals surface area contributed by atoms with Crippen molar-refractivity contribution in [3.63, 3.8) is 0 Å². The first-order valence-corrected chi connectivity index (χ1v) is 8.47. The molecule has 10 heteroatoms. The largest absolute Gasteiger partial charge is 0.369 e. The van der Waals surface area contributed by atoms with E-state index in [0.717, 1.165) is 5.69 Å². The van der Waals surface area contributed by atoms with Gasteiger partial charge in [0.15, 0.2) is 0 Å². The summed E-state index contributed by atoms with van der Waals surface area (Å²) in [6, 6.07) is 15.2. The van der Waals surface area contributed by atoms with Crippen LogP contribution in [-0.4, -0.2) is 48.0 Å². The average molecular weight is 405 g/mol. The van der Waals surface area contributed by atoms with Crippen molar-refractivity contribution in [1.29, 1.82) is 0 Å². The molecule has 1 aliphatic rings. The fraction of sp³-hybridized carbons (Fsp3) is 0.222. The molecule has 1 heterocycles. The number of carbonyl (C=O) groups excluding carboxylic acids is 1. The highest BCUT2D eigenvalue weighted by molar-refractivity contribution is 5.96. The summed E-state index contributed by atoms with van der Waals surface area (Å²) < 4.78 is 0. The highest BCUT2D eigenvalue weighted by Crippen LogP contribution is 2.20. The molecular weight excluding hydrogens is 384 g/mol. The van der Waals surface area contributed by atoms with Crippen molar-refractivity contribution in [1.82, 2.24) is 10.2 Å². The van der Waals surface area contributed by atoms with E-state index >= 15 is 0 Å². The SMILES string of the molecule is Cl.NC(=Nc1ccccc1)NC(=O)N1CCN(c2ccc([N+](=O)[O-])cc2)CC1. The number of guanidine groups is 1. The molecule has 1 saturated heterocycles. The highest BCUT2D eigenvalue weighted by Gasteiger charge is 2.22. The zero-order valence-electron chi connectivity index (χ0n) is 15.0. The molecule has 1 fully saturated rings. The molecule has 9 nitrogen and oxygen atoms in total. The molecule has 3 rings (SSSR count). The second kappa shape index (κ2) is 9.56. The predicted octanol–water partition coefficient (Wildman–Crippen LogP) is 2.49. The van der Waals surface area contributed by atoms with Crippen LogP contribution in [0.15, 0.2) is 59.6 Å². The van der Waals surface area contributed by atoms with E-state index in [1.165, 1.54) is 12.1 Å². The van der Waals surface area contributed by atoms with Crippen LogP contribution >= 0.6 is 12.4 Å². The number of hydrogen-bond acceptors (Lipinski definition) is 5. The number of rotatable bonds is 3. The quantitative estimate of drug-likeness (QED) is 0.352. The number of nitro groups is 1. The zero-order chi connectivity index (χ0) is 19.2. The molecule has 0 aliphatic carbocycles. The molecule has 0 radical (unpaired) electrons. The number of aliphatic imine (C=N–C) groups is 1. The fourth-order valence-corrected chi connectivity index (χ4v) is 2.81. The summed E-state index contributed by atoms with van der Waals surface area (Å²) >= 11 is 0. The first-order chi connectivity index (χ1) is 13.0.